The maximum Gasteiger partial charge on any atom is 0.319 e. The molecule has 3 amide bonds. The summed E-state index contributed by atoms with van der Waals surface area (Å²) >= 11 is 0. The molecule has 0 unspecified atom stereocenters. The van der Waals surface area contributed by atoms with Crippen LogP contribution in [0.1, 0.15) is 60.9 Å². The molecule has 0 atom stereocenters. The summed E-state index contributed by atoms with van der Waals surface area (Å²) in [6.45, 7) is 2.38. The Kier molecular flexibility index (Phi) is 7.07. The molecule has 4 rings (SSSR count). The fraction of sp³-hybridized carbons (Fsp3) is 0.440. The Hall–Kier alpha value is -3.02. The highest BCUT2D eigenvalue weighted by atomic mass is 16.2. The third-order valence-corrected chi connectivity index (χ3v) is 6.18. The Morgan fingerprint density at radius 2 is 1.65 bits per heavy atom. The highest BCUT2D eigenvalue weighted by molar-refractivity contribution is 6.02. The minimum atomic E-state index is -0.281. The molecule has 0 radical (unpaired) electrons. The molecule has 6 nitrogen and oxygen atoms in total. The van der Waals surface area contributed by atoms with E-state index in [1.54, 1.807) is 0 Å². The molecule has 1 heterocycles. The van der Waals surface area contributed by atoms with Crippen molar-refractivity contribution < 1.29 is 9.59 Å². The van der Waals surface area contributed by atoms with Gasteiger partial charge in [0.2, 0.25) is 0 Å². The summed E-state index contributed by atoms with van der Waals surface area (Å²) in [4.78, 5) is 27.8. The maximum absolute atomic E-state index is 13.2. The van der Waals surface area contributed by atoms with Crippen LogP contribution in [0.4, 0.5) is 16.2 Å². The monoisotopic (exact) mass is 420 g/mol. The molecule has 0 spiro atoms. The molecule has 0 bridgehead atoms. The second kappa shape index (κ2) is 10.3. The second-order valence-corrected chi connectivity index (χ2v) is 8.53. The molecular formula is C25H32N4O2. The minimum Gasteiger partial charge on any atom is -0.371 e. The van der Waals surface area contributed by atoms with Gasteiger partial charge in [-0.05, 0) is 49.4 Å². The third kappa shape index (κ3) is 5.78. The quantitative estimate of drug-likeness (QED) is 0.636. The van der Waals surface area contributed by atoms with E-state index in [4.69, 9.17) is 0 Å². The highest BCUT2D eigenvalue weighted by Gasteiger charge is 2.23. The predicted molar refractivity (Wildman–Crippen MR) is 125 cm³/mol. The van der Waals surface area contributed by atoms with E-state index in [1.165, 1.54) is 19.3 Å². The first-order chi connectivity index (χ1) is 15.2. The van der Waals surface area contributed by atoms with Crippen LogP contribution in [-0.4, -0.2) is 31.1 Å². The normalized spacial score (nSPS) is 16.7. The number of carbonyl (C=O) groups is 2. The van der Waals surface area contributed by atoms with E-state index in [2.05, 4.69) is 20.9 Å². The molecule has 2 fully saturated rings. The van der Waals surface area contributed by atoms with Crippen LogP contribution in [0.25, 0.3) is 0 Å². The summed E-state index contributed by atoms with van der Waals surface area (Å²) in [6.07, 6.45) is 7.98. The van der Waals surface area contributed by atoms with Crippen LogP contribution in [0.3, 0.4) is 0 Å². The van der Waals surface area contributed by atoms with Crippen LogP contribution < -0.4 is 20.9 Å². The Morgan fingerprint density at radius 1 is 0.903 bits per heavy atom. The van der Waals surface area contributed by atoms with Gasteiger partial charge in [0.15, 0.2) is 0 Å². The van der Waals surface area contributed by atoms with Crippen molar-refractivity contribution >= 4 is 23.3 Å². The topological polar surface area (TPSA) is 73.5 Å². The van der Waals surface area contributed by atoms with Crippen molar-refractivity contribution in [1.82, 2.24) is 10.6 Å². The number of urea groups is 1. The number of benzene rings is 2. The summed E-state index contributed by atoms with van der Waals surface area (Å²) in [6, 6.07) is 15.4. The summed E-state index contributed by atoms with van der Waals surface area (Å²) in [5, 5.41) is 8.98. The molecule has 1 aliphatic carbocycles. The van der Waals surface area contributed by atoms with E-state index in [9.17, 15) is 9.59 Å². The number of hydrogen-bond acceptors (Lipinski definition) is 3. The number of carbonyl (C=O) groups excluding carboxylic acids is 2. The average molecular weight is 421 g/mol. The van der Waals surface area contributed by atoms with Gasteiger partial charge in [0.1, 0.15) is 0 Å². The molecule has 1 saturated heterocycles. The van der Waals surface area contributed by atoms with E-state index in [0.717, 1.165) is 50.0 Å². The van der Waals surface area contributed by atoms with E-state index in [1.807, 2.05) is 48.5 Å². The van der Waals surface area contributed by atoms with Gasteiger partial charge < -0.3 is 20.9 Å². The molecule has 2 aromatic rings. The van der Waals surface area contributed by atoms with Gasteiger partial charge >= 0.3 is 6.03 Å². The SMILES string of the molecule is O=C(NCc1ccccc1)Nc1ccc(N2CCCC2)c(C(=O)NC2CCCCC2)c1. The van der Waals surface area contributed by atoms with Gasteiger partial charge in [0.05, 0.1) is 5.56 Å². The molecule has 6 heteroatoms. The molecule has 0 aromatic heterocycles. The zero-order chi connectivity index (χ0) is 21.5. The number of rotatable bonds is 6. The van der Waals surface area contributed by atoms with Crippen molar-refractivity contribution in [2.45, 2.75) is 57.5 Å². The van der Waals surface area contributed by atoms with Crippen LogP contribution in [0.2, 0.25) is 0 Å². The van der Waals surface area contributed by atoms with Gasteiger partial charge in [-0.2, -0.15) is 0 Å². The molecule has 1 aliphatic heterocycles. The van der Waals surface area contributed by atoms with Gasteiger partial charge in [-0.3, -0.25) is 4.79 Å². The van der Waals surface area contributed by atoms with Crippen LogP contribution in [0.5, 0.6) is 0 Å². The van der Waals surface area contributed by atoms with Crippen molar-refractivity contribution in [3.63, 3.8) is 0 Å². The lowest BCUT2D eigenvalue weighted by molar-refractivity contribution is 0.0928. The number of hydrogen-bond donors (Lipinski definition) is 3. The van der Waals surface area contributed by atoms with Gasteiger partial charge in [-0.1, -0.05) is 49.6 Å². The van der Waals surface area contributed by atoms with Crippen LogP contribution >= 0.6 is 0 Å². The smallest absolute Gasteiger partial charge is 0.319 e. The lowest BCUT2D eigenvalue weighted by Gasteiger charge is -2.25. The van der Waals surface area contributed by atoms with Gasteiger partial charge in [-0.25, -0.2) is 4.79 Å². The standard InChI is InChI=1S/C25H32N4O2/c30-24(27-20-11-5-2-6-12-20)22-17-21(13-14-23(22)29-15-7-8-16-29)28-25(31)26-18-19-9-3-1-4-10-19/h1,3-4,9-10,13-14,17,20H,2,5-8,11-12,15-16,18H2,(H,27,30)(H2,26,28,31). The number of amides is 3. The molecule has 2 aliphatic rings. The average Bonchev–Trinajstić information content (AvgIpc) is 3.34. The first-order valence-electron chi connectivity index (χ1n) is 11.5. The lowest BCUT2D eigenvalue weighted by atomic mass is 9.95. The third-order valence-electron chi connectivity index (χ3n) is 6.18. The fourth-order valence-electron chi connectivity index (χ4n) is 4.49. The van der Waals surface area contributed by atoms with Crippen molar-refractivity contribution in [2.24, 2.45) is 0 Å². The minimum absolute atomic E-state index is 0.0397. The van der Waals surface area contributed by atoms with Crippen molar-refractivity contribution in [3.8, 4) is 0 Å². The van der Waals surface area contributed by atoms with E-state index in [-0.39, 0.29) is 18.0 Å². The first-order valence-corrected chi connectivity index (χ1v) is 11.5. The van der Waals surface area contributed by atoms with Crippen molar-refractivity contribution in [1.29, 1.82) is 0 Å². The summed E-state index contributed by atoms with van der Waals surface area (Å²) in [5.41, 5.74) is 3.27. The van der Waals surface area contributed by atoms with E-state index < -0.39 is 0 Å². The predicted octanol–water partition coefficient (Wildman–Crippen LogP) is 4.67. The van der Waals surface area contributed by atoms with E-state index >= 15 is 0 Å². The largest absolute Gasteiger partial charge is 0.371 e. The zero-order valence-corrected chi connectivity index (χ0v) is 18.0. The fourth-order valence-corrected chi connectivity index (χ4v) is 4.49. The van der Waals surface area contributed by atoms with Gasteiger partial charge in [0.25, 0.3) is 5.91 Å². The van der Waals surface area contributed by atoms with E-state index in [0.29, 0.717) is 17.8 Å². The van der Waals surface area contributed by atoms with Crippen LogP contribution in [0, 0.1) is 0 Å². The Balaban J connectivity index is 1.45. The van der Waals surface area contributed by atoms with Gasteiger partial charge in [0, 0.05) is 37.1 Å². The van der Waals surface area contributed by atoms with Gasteiger partial charge in [-0.15, -0.1) is 0 Å². The van der Waals surface area contributed by atoms with Crippen LogP contribution in [-0.2, 0) is 6.54 Å². The molecule has 3 N–H and O–H groups in total. The lowest BCUT2D eigenvalue weighted by Crippen LogP contribution is -2.37. The number of nitrogens with one attached hydrogen (secondary N) is 3. The van der Waals surface area contributed by atoms with Crippen molar-refractivity contribution in [2.75, 3.05) is 23.3 Å². The number of anilines is 2. The summed E-state index contributed by atoms with van der Waals surface area (Å²) in [7, 11) is 0. The van der Waals surface area contributed by atoms with Crippen molar-refractivity contribution in [3.05, 3.63) is 59.7 Å². The molecular weight excluding hydrogens is 388 g/mol. The zero-order valence-electron chi connectivity index (χ0n) is 18.0. The summed E-state index contributed by atoms with van der Waals surface area (Å²) < 4.78 is 0. The summed E-state index contributed by atoms with van der Waals surface area (Å²) in [5.74, 6) is -0.0397. The first kappa shape index (κ1) is 21.2. The Bertz CT molecular complexity index is 888. The Morgan fingerprint density at radius 3 is 2.39 bits per heavy atom. The highest BCUT2D eigenvalue weighted by Crippen LogP contribution is 2.28. The maximum atomic E-state index is 13.2. The number of nitrogens with zero attached hydrogens (tertiary/aromatic N) is 1. The van der Waals surface area contributed by atoms with Crippen LogP contribution in [0.15, 0.2) is 48.5 Å². The molecule has 2 aromatic carbocycles. The second-order valence-electron chi connectivity index (χ2n) is 8.53. The molecule has 164 valence electrons. The molecule has 31 heavy (non-hydrogen) atoms. The molecule has 1 saturated carbocycles. The Labute approximate surface area is 184 Å².